The van der Waals surface area contributed by atoms with Gasteiger partial charge in [-0.05, 0) is 277 Å². The first kappa shape index (κ1) is 108. The topological polar surface area (TPSA) is 271 Å². The van der Waals surface area contributed by atoms with Crippen molar-refractivity contribution < 1.29 is 35.7 Å². The van der Waals surface area contributed by atoms with E-state index in [2.05, 4.69) is 283 Å². The zero-order valence-corrected chi connectivity index (χ0v) is 85.8. The highest BCUT2D eigenvalue weighted by molar-refractivity contribution is 5.51. The van der Waals surface area contributed by atoms with Crippen LogP contribution in [0.15, 0.2) is 128 Å². The van der Waals surface area contributed by atoms with Crippen LogP contribution in [0.1, 0.15) is 281 Å². The Morgan fingerprint density at radius 1 is 0.276 bits per heavy atom. The van der Waals surface area contributed by atoms with Crippen molar-refractivity contribution >= 4 is 39.8 Å². The molecular formula is C108H175N19O7. The largest absolute Gasteiger partial charge is 0.391 e. The Labute approximate surface area is 807 Å². The summed E-state index contributed by atoms with van der Waals surface area (Å²) in [5, 5.41) is 72.1. The fourth-order valence-corrected chi connectivity index (χ4v) is 19.6. The van der Waals surface area contributed by atoms with Crippen LogP contribution in [0, 0.1) is 0 Å². The molecule has 744 valence electrons. The molecule has 7 N–H and O–H groups in total. The Balaban J connectivity index is 0.000000163. The number of nitrogens with zero attached hydrogens (tertiary/aromatic N) is 19. The summed E-state index contributed by atoms with van der Waals surface area (Å²) in [5.74, 6) is 3.27. The predicted molar refractivity (Wildman–Crippen MR) is 553 cm³/mol. The molecule has 0 amide bonds. The fraction of sp³-hybridized carbons (Fsp3) is 0.676. The molecule has 0 aliphatic carbocycles. The van der Waals surface area contributed by atoms with Gasteiger partial charge in [-0.2, -0.15) is 0 Å². The highest BCUT2D eigenvalue weighted by atomic mass is 16.3. The average Bonchev–Trinajstić information content (AvgIpc) is 1.24. The molecule has 9 saturated heterocycles. The van der Waals surface area contributed by atoms with Crippen molar-refractivity contribution in [3.8, 4) is 0 Å². The monoisotopic (exact) mass is 1850 g/mol. The number of piperidine rings is 7. The van der Waals surface area contributed by atoms with Crippen LogP contribution in [0.3, 0.4) is 0 Å². The van der Waals surface area contributed by atoms with Gasteiger partial charge < -0.3 is 89.6 Å². The minimum atomic E-state index is -0.613. The molecule has 0 aromatic carbocycles. The molecule has 5 atom stereocenters. The average molecular weight is 1850 g/mol. The van der Waals surface area contributed by atoms with E-state index < -0.39 is 22.4 Å². The van der Waals surface area contributed by atoms with Gasteiger partial charge in [0.15, 0.2) is 0 Å². The molecule has 2 unspecified atom stereocenters. The molecule has 16 rings (SSSR count). The molecule has 0 saturated carbocycles. The third-order valence-corrected chi connectivity index (χ3v) is 27.8. The van der Waals surface area contributed by atoms with Gasteiger partial charge in [-0.3, -0.25) is 39.8 Å². The second-order valence-corrected chi connectivity index (χ2v) is 42.9. The summed E-state index contributed by atoms with van der Waals surface area (Å²) in [7, 11) is 10.2. The lowest BCUT2D eigenvalue weighted by molar-refractivity contribution is -0.0251. The first-order valence-corrected chi connectivity index (χ1v) is 51.1. The number of β-amino-alcohol motifs (C(OH)–C–C–N with tert-alkyl or cyclic N) is 7. The van der Waals surface area contributed by atoms with Crippen molar-refractivity contribution in [2.24, 2.45) is 0 Å². The predicted octanol–water partition coefficient (Wildman–Crippen LogP) is 15.1. The van der Waals surface area contributed by atoms with Crippen molar-refractivity contribution in [3.05, 3.63) is 168 Å². The molecule has 26 nitrogen and oxygen atoms in total. The van der Waals surface area contributed by atoms with Crippen molar-refractivity contribution in [3.63, 3.8) is 0 Å². The number of hydrogen-bond acceptors (Lipinski definition) is 26. The minimum absolute atomic E-state index is 0.182. The van der Waals surface area contributed by atoms with Crippen LogP contribution in [0.5, 0.6) is 0 Å². The Morgan fingerprint density at radius 3 is 0.731 bits per heavy atom. The molecule has 9 aliphatic rings. The molecule has 134 heavy (non-hydrogen) atoms. The highest BCUT2D eigenvalue weighted by Gasteiger charge is 2.39. The van der Waals surface area contributed by atoms with Gasteiger partial charge in [0.2, 0.25) is 0 Å². The van der Waals surface area contributed by atoms with E-state index in [0.717, 1.165) is 289 Å². The van der Waals surface area contributed by atoms with Gasteiger partial charge in [-0.15, -0.1) is 0 Å². The van der Waals surface area contributed by atoms with Gasteiger partial charge in [0.1, 0.15) is 0 Å². The quantitative estimate of drug-likeness (QED) is 0.0332. The maximum Gasteiger partial charge on any atom is 0.0948 e. The Kier molecular flexibility index (Phi) is 42.2. The number of aromatic nitrogens is 7. The molecule has 0 radical (unpaired) electrons. The van der Waals surface area contributed by atoms with Gasteiger partial charge >= 0.3 is 0 Å². The molecule has 7 aromatic rings. The molecule has 16 heterocycles. The van der Waals surface area contributed by atoms with Crippen LogP contribution in [0.4, 0.5) is 39.8 Å². The van der Waals surface area contributed by atoms with Gasteiger partial charge in [-0.25, -0.2) is 0 Å². The standard InChI is InChI=1S/C19H32N4O.C18H29N3O.2C16H27N3O.3C13H20N2O/c1-16(2)18-5-4-17(14-20-18)23-8-6-19(24,7-9-23)15-22-12-10-21(3)11-13-22;1-15(2)17-6-5-16(13-19-17)21-11-7-18(22,8-12-21)14-20-9-3-4-10-20;2*1-13(2)15-7-6-14(10-17-15)19-9-5-8-16(20,12-19)11-18(3)4;3*1-10(2)13-6-5-11(8-14-13)15-7-3-4-12(16)9-15/h4-5,14,16,24H,6-13,15H2,1-3H3;5-6,13,15,22H,3-4,7-12,14H2,1-2H3;2*6-7,10,13,20H,5,8-9,11-12H2,1-4H3;3*5-6,8,10,12,16H,3-4,7,9H2,1-2H3/t;;16-;;2*12-;/m..1.10./s1. The van der Waals surface area contributed by atoms with E-state index in [0.29, 0.717) is 67.6 Å². The maximum atomic E-state index is 11.0. The molecule has 7 aromatic heterocycles. The lowest BCUT2D eigenvalue weighted by Crippen LogP contribution is -2.54. The van der Waals surface area contributed by atoms with Gasteiger partial charge in [0.25, 0.3) is 0 Å². The van der Waals surface area contributed by atoms with Crippen LogP contribution in [0.2, 0.25) is 0 Å². The molecule has 0 spiro atoms. The van der Waals surface area contributed by atoms with Crippen molar-refractivity contribution in [1.29, 1.82) is 0 Å². The summed E-state index contributed by atoms with van der Waals surface area (Å²) in [6.07, 6.45) is 28.8. The number of likely N-dealkylation sites (N-methyl/N-ethyl adjacent to an activating group) is 3. The zero-order valence-electron chi connectivity index (χ0n) is 85.8. The van der Waals surface area contributed by atoms with E-state index in [1.54, 1.807) is 0 Å². The molecule has 0 bridgehead atoms. The Hall–Kier alpha value is -7.83. The van der Waals surface area contributed by atoms with E-state index in [9.17, 15) is 35.7 Å². The fourth-order valence-electron chi connectivity index (χ4n) is 19.6. The Bertz CT molecular complexity index is 4180. The van der Waals surface area contributed by atoms with E-state index in [-0.39, 0.29) is 18.3 Å². The van der Waals surface area contributed by atoms with Crippen LogP contribution in [0.25, 0.3) is 0 Å². The van der Waals surface area contributed by atoms with Gasteiger partial charge in [-0.1, -0.05) is 96.9 Å². The Morgan fingerprint density at radius 2 is 0.507 bits per heavy atom. The summed E-state index contributed by atoms with van der Waals surface area (Å²) < 4.78 is 0. The van der Waals surface area contributed by atoms with Crippen LogP contribution >= 0.6 is 0 Å². The number of piperazine rings is 1. The minimum Gasteiger partial charge on any atom is -0.391 e. The van der Waals surface area contributed by atoms with E-state index in [1.807, 2.05) is 71.6 Å². The SMILES string of the molecule is CC(C)c1ccc(N2CCC(O)(CN3CCCC3)CC2)cn1.CC(C)c1ccc(N2CCC(O)(CN3CCN(C)CC3)CC2)cn1.CC(C)c1ccc(N2CCCC(O)(CN(C)C)C2)cn1.CC(C)c1ccc(N2CCCC(O)C2)cn1.CC(C)c1ccc(N2CCC[C@@H](O)C2)cn1.CC(C)c1ccc(N2CCC[C@@](O)(CN(C)C)C2)cn1.CC(C)c1ccc(N2CCC[C@H](O)C2)cn1. The summed E-state index contributed by atoms with van der Waals surface area (Å²) in [4.78, 5) is 58.7. The summed E-state index contributed by atoms with van der Waals surface area (Å²) in [6.45, 7) is 52.3. The molecule has 9 aliphatic heterocycles. The molecular weight excluding hydrogens is 1680 g/mol. The number of pyridine rings is 7. The summed E-state index contributed by atoms with van der Waals surface area (Å²) >= 11 is 0. The van der Waals surface area contributed by atoms with E-state index in [4.69, 9.17) is 0 Å². The zero-order chi connectivity index (χ0) is 96.9. The number of likely N-dealkylation sites (tertiary alicyclic amines) is 1. The van der Waals surface area contributed by atoms with Crippen LogP contribution in [-0.4, -0.2) is 328 Å². The van der Waals surface area contributed by atoms with Gasteiger partial charge in [0.05, 0.1) is 124 Å². The van der Waals surface area contributed by atoms with Crippen molar-refractivity contribution in [1.82, 2.24) is 59.4 Å². The summed E-state index contributed by atoms with van der Waals surface area (Å²) in [5.41, 5.74) is 13.6. The number of aliphatic hydroxyl groups is 7. The van der Waals surface area contributed by atoms with Crippen molar-refractivity contribution in [2.75, 3.05) is 227 Å². The van der Waals surface area contributed by atoms with Crippen LogP contribution < -0.4 is 34.3 Å². The van der Waals surface area contributed by atoms with Crippen molar-refractivity contribution in [2.45, 2.75) is 282 Å². The summed E-state index contributed by atoms with van der Waals surface area (Å²) in [6, 6.07) is 29.6. The first-order valence-electron chi connectivity index (χ1n) is 51.1. The van der Waals surface area contributed by atoms with E-state index in [1.165, 1.54) is 24.2 Å². The maximum absolute atomic E-state index is 11.0. The lowest BCUT2D eigenvalue weighted by Gasteiger charge is -2.43. The number of hydrogen-bond donors (Lipinski definition) is 7. The smallest absolute Gasteiger partial charge is 0.0948 e. The second kappa shape index (κ2) is 52.3. The van der Waals surface area contributed by atoms with Gasteiger partial charge in [0, 0.05) is 184 Å². The van der Waals surface area contributed by atoms with Crippen LogP contribution in [-0.2, 0) is 0 Å². The number of aliphatic hydroxyl groups excluding tert-OH is 3. The first-order chi connectivity index (χ1) is 63.8. The third kappa shape index (κ3) is 34.6. The number of anilines is 7. The second-order valence-electron chi connectivity index (χ2n) is 42.9. The van der Waals surface area contributed by atoms with E-state index >= 15 is 0 Å². The lowest BCUT2D eigenvalue weighted by atomic mass is 9.90. The normalized spacial score (nSPS) is 22.6. The molecule has 9 fully saturated rings. The number of rotatable bonds is 22. The molecule has 26 heteroatoms. The third-order valence-electron chi connectivity index (χ3n) is 27.8. The highest BCUT2D eigenvalue weighted by Crippen LogP contribution is 2.35.